The largest absolute Gasteiger partial charge is 0.467 e. The van der Waals surface area contributed by atoms with Gasteiger partial charge in [-0.25, -0.2) is 4.79 Å². The number of carbonyl (C=O) groups is 2. The Labute approximate surface area is 137 Å². The maximum absolute atomic E-state index is 12.2. The van der Waals surface area contributed by atoms with E-state index in [2.05, 4.69) is 21.2 Å². The molecule has 2 aromatic carbocycles. The van der Waals surface area contributed by atoms with E-state index in [-0.39, 0.29) is 5.91 Å². The highest BCUT2D eigenvalue weighted by molar-refractivity contribution is 9.10. The number of amides is 1. The van der Waals surface area contributed by atoms with E-state index in [0.717, 1.165) is 10.0 Å². The first-order valence-corrected chi connectivity index (χ1v) is 7.57. The molecular formula is C17H16BrNO3. The Morgan fingerprint density at radius 1 is 1.14 bits per heavy atom. The molecule has 1 atom stereocenters. The number of halogens is 1. The van der Waals surface area contributed by atoms with Gasteiger partial charge >= 0.3 is 5.97 Å². The van der Waals surface area contributed by atoms with Gasteiger partial charge < -0.3 is 10.1 Å². The third kappa shape index (κ3) is 4.43. The number of hydrogen-bond donors (Lipinski definition) is 1. The molecule has 2 rings (SSSR count). The monoisotopic (exact) mass is 361 g/mol. The number of ether oxygens (including phenoxy) is 1. The summed E-state index contributed by atoms with van der Waals surface area (Å²) in [6.45, 7) is 0. The molecule has 1 N–H and O–H groups in total. The molecule has 22 heavy (non-hydrogen) atoms. The van der Waals surface area contributed by atoms with Crippen LogP contribution in [0.25, 0.3) is 0 Å². The van der Waals surface area contributed by atoms with Crippen molar-refractivity contribution in [3.05, 3.63) is 70.2 Å². The predicted molar refractivity (Wildman–Crippen MR) is 87.6 cm³/mol. The van der Waals surface area contributed by atoms with Crippen LogP contribution in [-0.2, 0) is 16.0 Å². The van der Waals surface area contributed by atoms with Gasteiger partial charge in [0, 0.05) is 16.5 Å². The Morgan fingerprint density at radius 2 is 1.86 bits per heavy atom. The Balaban J connectivity index is 2.13. The lowest BCUT2D eigenvalue weighted by Gasteiger charge is -2.17. The van der Waals surface area contributed by atoms with Gasteiger partial charge in [-0.1, -0.05) is 46.3 Å². The van der Waals surface area contributed by atoms with E-state index < -0.39 is 12.0 Å². The van der Waals surface area contributed by atoms with E-state index in [9.17, 15) is 9.59 Å². The lowest BCUT2D eigenvalue weighted by atomic mass is 10.1. The molecular weight excluding hydrogens is 346 g/mol. The van der Waals surface area contributed by atoms with Gasteiger partial charge in [-0.2, -0.15) is 0 Å². The van der Waals surface area contributed by atoms with Gasteiger partial charge in [0.1, 0.15) is 6.04 Å². The van der Waals surface area contributed by atoms with Gasteiger partial charge in [0.2, 0.25) is 0 Å². The Hall–Kier alpha value is -2.14. The Morgan fingerprint density at radius 3 is 2.50 bits per heavy atom. The van der Waals surface area contributed by atoms with E-state index in [1.165, 1.54) is 7.11 Å². The van der Waals surface area contributed by atoms with Gasteiger partial charge in [0.15, 0.2) is 0 Å². The molecule has 0 saturated heterocycles. The molecule has 1 amide bonds. The number of hydrogen-bond acceptors (Lipinski definition) is 3. The third-order valence-electron chi connectivity index (χ3n) is 3.16. The smallest absolute Gasteiger partial charge is 0.328 e. The van der Waals surface area contributed by atoms with Crippen molar-refractivity contribution in [1.29, 1.82) is 0 Å². The summed E-state index contributed by atoms with van der Waals surface area (Å²) in [5.41, 5.74) is 1.43. The van der Waals surface area contributed by atoms with Crippen LogP contribution in [-0.4, -0.2) is 25.0 Å². The molecule has 0 unspecified atom stereocenters. The quantitative estimate of drug-likeness (QED) is 0.833. The van der Waals surface area contributed by atoms with Gasteiger partial charge in [-0.05, 0) is 29.8 Å². The average molecular weight is 362 g/mol. The van der Waals surface area contributed by atoms with Crippen molar-refractivity contribution >= 4 is 27.8 Å². The second-order valence-corrected chi connectivity index (χ2v) is 5.66. The van der Waals surface area contributed by atoms with Gasteiger partial charge in [0.05, 0.1) is 7.11 Å². The van der Waals surface area contributed by atoms with Crippen LogP contribution in [0.5, 0.6) is 0 Å². The summed E-state index contributed by atoms with van der Waals surface area (Å²) in [4.78, 5) is 24.1. The number of esters is 1. The molecule has 0 aliphatic rings. The van der Waals surface area contributed by atoms with Gasteiger partial charge in [-0.15, -0.1) is 0 Å². The van der Waals surface area contributed by atoms with Crippen molar-refractivity contribution in [3.8, 4) is 0 Å². The molecule has 0 bridgehead atoms. The third-order valence-corrected chi connectivity index (χ3v) is 3.65. The van der Waals surface area contributed by atoms with Crippen molar-refractivity contribution in [1.82, 2.24) is 5.32 Å². The highest BCUT2D eigenvalue weighted by atomic mass is 79.9. The maximum Gasteiger partial charge on any atom is 0.328 e. The molecule has 2 aromatic rings. The molecule has 4 nitrogen and oxygen atoms in total. The van der Waals surface area contributed by atoms with Crippen molar-refractivity contribution in [3.63, 3.8) is 0 Å². The molecule has 0 aliphatic heterocycles. The molecule has 0 heterocycles. The van der Waals surface area contributed by atoms with Crippen LogP contribution in [0.15, 0.2) is 59.1 Å². The molecule has 0 aromatic heterocycles. The normalized spacial score (nSPS) is 11.5. The van der Waals surface area contributed by atoms with Crippen LogP contribution < -0.4 is 5.32 Å². The highest BCUT2D eigenvalue weighted by Crippen LogP contribution is 2.14. The minimum atomic E-state index is -0.730. The maximum atomic E-state index is 12.2. The number of nitrogens with one attached hydrogen (secondary N) is 1. The minimum Gasteiger partial charge on any atom is -0.467 e. The Kier molecular flexibility index (Phi) is 5.72. The van der Waals surface area contributed by atoms with Gasteiger partial charge in [0.25, 0.3) is 5.91 Å². The van der Waals surface area contributed by atoms with E-state index in [4.69, 9.17) is 4.74 Å². The van der Waals surface area contributed by atoms with Crippen molar-refractivity contribution in [2.75, 3.05) is 7.11 Å². The summed E-state index contributed by atoms with van der Waals surface area (Å²) in [7, 11) is 1.31. The van der Waals surface area contributed by atoms with Crippen LogP contribution in [0.3, 0.4) is 0 Å². The number of methoxy groups -OCH3 is 1. The van der Waals surface area contributed by atoms with E-state index >= 15 is 0 Å². The number of carbonyl (C=O) groups excluding carboxylic acids is 2. The fourth-order valence-corrected chi connectivity index (χ4v) is 2.51. The summed E-state index contributed by atoms with van der Waals surface area (Å²) < 4.78 is 5.71. The summed E-state index contributed by atoms with van der Waals surface area (Å²) in [5, 5.41) is 2.72. The second-order valence-electron chi connectivity index (χ2n) is 4.75. The van der Waals surface area contributed by atoms with Crippen molar-refractivity contribution in [2.45, 2.75) is 12.5 Å². The number of rotatable bonds is 5. The summed E-state index contributed by atoms with van der Waals surface area (Å²) in [6.07, 6.45) is 0.366. The van der Waals surface area contributed by atoms with Crippen LogP contribution in [0.2, 0.25) is 0 Å². The predicted octanol–water partition coefficient (Wildman–Crippen LogP) is 2.96. The molecule has 0 saturated carbocycles. The molecule has 0 aliphatic carbocycles. The number of benzene rings is 2. The first-order valence-electron chi connectivity index (χ1n) is 6.78. The highest BCUT2D eigenvalue weighted by Gasteiger charge is 2.22. The lowest BCUT2D eigenvalue weighted by Crippen LogP contribution is -2.43. The zero-order chi connectivity index (χ0) is 15.9. The molecule has 5 heteroatoms. The van der Waals surface area contributed by atoms with Crippen LogP contribution in [0.4, 0.5) is 0 Å². The van der Waals surface area contributed by atoms with Crippen LogP contribution in [0.1, 0.15) is 15.9 Å². The topological polar surface area (TPSA) is 55.4 Å². The molecule has 0 radical (unpaired) electrons. The summed E-state index contributed by atoms with van der Waals surface area (Å²) in [5.74, 6) is -0.768. The van der Waals surface area contributed by atoms with E-state index in [1.807, 2.05) is 30.3 Å². The average Bonchev–Trinajstić information content (AvgIpc) is 2.54. The summed E-state index contributed by atoms with van der Waals surface area (Å²) in [6, 6.07) is 15.6. The molecule has 0 spiro atoms. The molecule has 114 valence electrons. The summed E-state index contributed by atoms with van der Waals surface area (Å²) >= 11 is 3.39. The fraction of sp³-hybridized carbons (Fsp3) is 0.176. The van der Waals surface area contributed by atoms with E-state index in [0.29, 0.717) is 12.0 Å². The standard InChI is InChI=1S/C17H16BrNO3/c1-22-17(21)15(11-12-6-5-9-14(18)10-12)19-16(20)13-7-3-2-4-8-13/h2-10,15H,11H2,1H3,(H,19,20)/t15-/m0/s1. The van der Waals surface area contributed by atoms with E-state index in [1.54, 1.807) is 24.3 Å². The SMILES string of the molecule is COC(=O)[C@H](Cc1cccc(Br)c1)NC(=O)c1ccccc1. The van der Waals surface area contributed by atoms with Crippen LogP contribution in [0, 0.1) is 0 Å². The van der Waals surface area contributed by atoms with Crippen molar-refractivity contribution in [2.24, 2.45) is 0 Å². The first-order chi connectivity index (χ1) is 10.6. The lowest BCUT2D eigenvalue weighted by molar-refractivity contribution is -0.142. The molecule has 0 fully saturated rings. The van der Waals surface area contributed by atoms with Crippen LogP contribution >= 0.6 is 15.9 Å². The second kappa shape index (κ2) is 7.75. The Bertz CT molecular complexity index is 658. The fourth-order valence-electron chi connectivity index (χ4n) is 2.07. The zero-order valence-corrected chi connectivity index (χ0v) is 13.7. The van der Waals surface area contributed by atoms with Gasteiger partial charge in [-0.3, -0.25) is 4.79 Å². The minimum absolute atomic E-state index is 0.300. The zero-order valence-electron chi connectivity index (χ0n) is 12.1. The van der Waals surface area contributed by atoms with Crippen molar-refractivity contribution < 1.29 is 14.3 Å². The first kappa shape index (κ1) is 16.2.